The minimum Gasteiger partial charge on any atom is -0.298 e. The second kappa shape index (κ2) is 5.89. The van der Waals surface area contributed by atoms with Gasteiger partial charge in [0.15, 0.2) is 0 Å². The molecular formula is C15H26N2. The van der Waals surface area contributed by atoms with E-state index in [0.717, 1.165) is 18.5 Å². The number of fused-ring (bicyclic) bond motifs is 1. The molecule has 2 heterocycles. The lowest BCUT2D eigenvalue weighted by Gasteiger charge is -2.46. The lowest BCUT2D eigenvalue weighted by molar-refractivity contribution is 0.0184. The van der Waals surface area contributed by atoms with E-state index in [0.29, 0.717) is 6.04 Å². The Morgan fingerprint density at radius 1 is 1.35 bits per heavy atom. The van der Waals surface area contributed by atoms with Crippen molar-refractivity contribution in [2.24, 2.45) is 0 Å². The first-order chi connectivity index (χ1) is 8.30. The summed E-state index contributed by atoms with van der Waals surface area (Å²) < 4.78 is 0. The summed E-state index contributed by atoms with van der Waals surface area (Å²) >= 11 is 0. The minimum atomic E-state index is 0.604. The molecule has 2 rings (SSSR count). The zero-order valence-electron chi connectivity index (χ0n) is 11.4. The van der Waals surface area contributed by atoms with Gasteiger partial charge in [-0.15, -0.1) is 12.3 Å². The molecule has 0 amide bonds. The first kappa shape index (κ1) is 12.9. The minimum absolute atomic E-state index is 0.604. The van der Waals surface area contributed by atoms with Crippen LogP contribution < -0.4 is 0 Å². The molecule has 0 aromatic rings. The van der Waals surface area contributed by atoms with E-state index in [-0.39, 0.29) is 0 Å². The Kier molecular flexibility index (Phi) is 4.48. The van der Waals surface area contributed by atoms with Crippen molar-refractivity contribution in [3.63, 3.8) is 0 Å². The third kappa shape index (κ3) is 2.67. The molecular weight excluding hydrogens is 208 g/mol. The van der Waals surface area contributed by atoms with Crippen LogP contribution in [0.15, 0.2) is 0 Å². The fourth-order valence-electron chi connectivity index (χ4n) is 3.55. The van der Waals surface area contributed by atoms with E-state index in [1.165, 1.54) is 45.3 Å². The first-order valence-corrected chi connectivity index (χ1v) is 7.23. The van der Waals surface area contributed by atoms with Crippen molar-refractivity contribution in [1.29, 1.82) is 0 Å². The quantitative estimate of drug-likeness (QED) is 0.689. The van der Waals surface area contributed by atoms with E-state index in [1.807, 2.05) is 0 Å². The van der Waals surface area contributed by atoms with Gasteiger partial charge in [0.2, 0.25) is 0 Å². The second-order valence-electron chi connectivity index (χ2n) is 5.52. The van der Waals surface area contributed by atoms with Gasteiger partial charge in [-0.2, -0.15) is 0 Å². The highest BCUT2D eigenvalue weighted by molar-refractivity contribution is 4.97. The Hall–Kier alpha value is -0.520. The Morgan fingerprint density at radius 2 is 2.18 bits per heavy atom. The average Bonchev–Trinajstić information content (AvgIpc) is 2.81. The van der Waals surface area contributed by atoms with Gasteiger partial charge in [0.1, 0.15) is 0 Å². The predicted molar refractivity (Wildman–Crippen MR) is 72.9 cm³/mol. The topological polar surface area (TPSA) is 6.48 Å². The average molecular weight is 234 g/mol. The van der Waals surface area contributed by atoms with Crippen LogP contribution in [-0.4, -0.2) is 47.6 Å². The molecule has 96 valence electrons. The zero-order chi connectivity index (χ0) is 12.3. The number of hydrogen-bond donors (Lipinski definition) is 0. The fraction of sp³-hybridized carbons (Fsp3) is 0.867. The molecule has 0 N–H and O–H groups in total. The molecule has 0 aromatic carbocycles. The molecule has 2 aliphatic rings. The van der Waals surface area contributed by atoms with Crippen molar-refractivity contribution in [3.05, 3.63) is 0 Å². The van der Waals surface area contributed by atoms with Crippen LogP contribution in [0.4, 0.5) is 0 Å². The molecule has 0 aromatic heterocycles. The molecule has 17 heavy (non-hydrogen) atoms. The molecule has 2 saturated heterocycles. The van der Waals surface area contributed by atoms with Crippen LogP contribution in [0.25, 0.3) is 0 Å². The van der Waals surface area contributed by atoms with Gasteiger partial charge < -0.3 is 0 Å². The standard InChI is InChI=1S/C15H26N2/c1-4-8-13(5-2)17-12-15-9-7-10-16(15)11-14(17)6-3/h1,13-15H,5-12H2,2-3H3. The van der Waals surface area contributed by atoms with Crippen molar-refractivity contribution >= 4 is 0 Å². The molecule has 2 heteroatoms. The maximum atomic E-state index is 5.52. The molecule has 0 radical (unpaired) electrons. The zero-order valence-corrected chi connectivity index (χ0v) is 11.4. The molecule has 0 spiro atoms. The molecule has 2 fully saturated rings. The number of rotatable bonds is 4. The lowest BCUT2D eigenvalue weighted by Crippen LogP contribution is -2.58. The highest BCUT2D eigenvalue weighted by atomic mass is 15.3. The summed E-state index contributed by atoms with van der Waals surface area (Å²) in [7, 11) is 0. The Bertz CT molecular complexity index is 281. The number of hydrogen-bond acceptors (Lipinski definition) is 2. The third-order valence-electron chi connectivity index (χ3n) is 4.60. The van der Waals surface area contributed by atoms with Crippen LogP contribution in [0.5, 0.6) is 0 Å². The molecule has 2 aliphatic heterocycles. The van der Waals surface area contributed by atoms with Crippen LogP contribution in [-0.2, 0) is 0 Å². The summed E-state index contributed by atoms with van der Waals surface area (Å²) in [6, 6.07) is 2.14. The second-order valence-corrected chi connectivity index (χ2v) is 5.52. The summed E-state index contributed by atoms with van der Waals surface area (Å²) in [4.78, 5) is 5.42. The molecule has 0 aliphatic carbocycles. The van der Waals surface area contributed by atoms with Gasteiger partial charge >= 0.3 is 0 Å². The molecule has 0 bridgehead atoms. The van der Waals surface area contributed by atoms with E-state index in [2.05, 4.69) is 29.6 Å². The maximum Gasteiger partial charge on any atom is 0.0242 e. The van der Waals surface area contributed by atoms with Gasteiger partial charge in [-0.3, -0.25) is 9.80 Å². The number of nitrogens with zero attached hydrogens (tertiary/aromatic N) is 2. The van der Waals surface area contributed by atoms with Gasteiger partial charge in [0.05, 0.1) is 0 Å². The summed E-state index contributed by atoms with van der Waals surface area (Å²) in [6.45, 7) is 8.42. The van der Waals surface area contributed by atoms with E-state index in [4.69, 9.17) is 6.42 Å². The molecule has 2 nitrogen and oxygen atoms in total. The van der Waals surface area contributed by atoms with E-state index in [9.17, 15) is 0 Å². The smallest absolute Gasteiger partial charge is 0.0242 e. The maximum absolute atomic E-state index is 5.52. The van der Waals surface area contributed by atoms with Crippen molar-refractivity contribution in [2.45, 2.75) is 64.1 Å². The van der Waals surface area contributed by atoms with E-state index in [1.54, 1.807) is 0 Å². The SMILES string of the molecule is C#CCC(CC)N1CC2CCCN2CC1CC. The summed E-state index contributed by atoms with van der Waals surface area (Å²) in [5.74, 6) is 2.87. The number of terminal acetylenes is 1. The summed E-state index contributed by atoms with van der Waals surface area (Å²) in [6.07, 6.45) is 11.7. The molecule has 3 unspecified atom stereocenters. The van der Waals surface area contributed by atoms with E-state index < -0.39 is 0 Å². The fourth-order valence-corrected chi connectivity index (χ4v) is 3.55. The van der Waals surface area contributed by atoms with Crippen LogP contribution in [0.1, 0.15) is 46.0 Å². The van der Waals surface area contributed by atoms with E-state index >= 15 is 0 Å². The largest absolute Gasteiger partial charge is 0.298 e. The van der Waals surface area contributed by atoms with Gasteiger partial charge in [-0.05, 0) is 32.2 Å². The van der Waals surface area contributed by atoms with Crippen LogP contribution in [0.2, 0.25) is 0 Å². The lowest BCUT2D eigenvalue weighted by atomic mass is 9.99. The monoisotopic (exact) mass is 234 g/mol. The summed E-state index contributed by atoms with van der Waals surface area (Å²) in [5.41, 5.74) is 0. The van der Waals surface area contributed by atoms with Gasteiger partial charge in [-0.1, -0.05) is 13.8 Å². The van der Waals surface area contributed by atoms with Crippen LogP contribution in [0, 0.1) is 12.3 Å². The van der Waals surface area contributed by atoms with Crippen molar-refractivity contribution in [2.75, 3.05) is 19.6 Å². The Labute approximate surface area is 106 Å². The highest BCUT2D eigenvalue weighted by Gasteiger charge is 2.37. The Morgan fingerprint density at radius 3 is 2.82 bits per heavy atom. The normalized spacial score (nSPS) is 32.1. The van der Waals surface area contributed by atoms with Gasteiger partial charge in [0.25, 0.3) is 0 Å². The first-order valence-electron chi connectivity index (χ1n) is 7.23. The predicted octanol–water partition coefficient (Wildman–Crippen LogP) is 2.35. The van der Waals surface area contributed by atoms with Crippen LogP contribution >= 0.6 is 0 Å². The Balaban J connectivity index is 2.05. The molecule has 0 saturated carbocycles. The summed E-state index contributed by atoms with van der Waals surface area (Å²) in [5, 5.41) is 0. The highest BCUT2D eigenvalue weighted by Crippen LogP contribution is 2.28. The number of piperazine rings is 1. The van der Waals surface area contributed by atoms with Crippen molar-refractivity contribution in [1.82, 2.24) is 9.80 Å². The van der Waals surface area contributed by atoms with Gasteiger partial charge in [-0.25, -0.2) is 0 Å². The van der Waals surface area contributed by atoms with Crippen LogP contribution in [0.3, 0.4) is 0 Å². The van der Waals surface area contributed by atoms with Crippen molar-refractivity contribution < 1.29 is 0 Å². The van der Waals surface area contributed by atoms with Gasteiger partial charge in [0, 0.05) is 37.6 Å². The third-order valence-corrected chi connectivity index (χ3v) is 4.60. The molecule has 3 atom stereocenters. The van der Waals surface area contributed by atoms with Crippen molar-refractivity contribution in [3.8, 4) is 12.3 Å².